The Labute approximate surface area is 93.9 Å². The zero-order valence-corrected chi connectivity index (χ0v) is 9.28. The van der Waals surface area contributed by atoms with E-state index >= 15 is 0 Å². The van der Waals surface area contributed by atoms with Gasteiger partial charge in [-0.25, -0.2) is 4.79 Å². The summed E-state index contributed by atoms with van der Waals surface area (Å²) in [5, 5.41) is 0. The van der Waals surface area contributed by atoms with Gasteiger partial charge in [-0.15, -0.1) is 0 Å². The van der Waals surface area contributed by atoms with Crippen molar-refractivity contribution >= 4 is 27.9 Å². The van der Waals surface area contributed by atoms with Crippen LogP contribution < -0.4 is 11.4 Å². The monoisotopic (exact) mass is 269 g/mol. The predicted molar refractivity (Wildman–Crippen MR) is 58.9 cm³/mol. The lowest BCUT2D eigenvalue weighted by Crippen LogP contribution is -2.23. The second kappa shape index (κ2) is 3.66. The summed E-state index contributed by atoms with van der Waals surface area (Å²) in [5.74, 6) is -0.257. The molecule has 2 N–H and O–H groups in total. The number of primary amides is 1. The van der Waals surface area contributed by atoms with Crippen molar-refractivity contribution in [2.24, 2.45) is 5.73 Å². The molecule has 1 aliphatic rings. The van der Waals surface area contributed by atoms with E-state index in [0.29, 0.717) is 12.2 Å². The first-order valence-electron chi connectivity index (χ1n) is 4.37. The van der Waals surface area contributed by atoms with E-state index in [9.17, 15) is 9.59 Å². The first-order valence-corrected chi connectivity index (χ1v) is 5.28. The molecule has 15 heavy (non-hydrogen) atoms. The van der Waals surface area contributed by atoms with Crippen LogP contribution in [0.5, 0.6) is 0 Å². The molecule has 0 aromatic carbocycles. The van der Waals surface area contributed by atoms with E-state index in [1.165, 1.54) is 6.07 Å². The van der Waals surface area contributed by atoms with Gasteiger partial charge >= 0.3 is 5.63 Å². The molecule has 0 fully saturated rings. The van der Waals surface area contributed by atoms with Gasteiger partial charge in [-0.1, -0.05) is 22.0 Å². The van der Waals surface area contributed by atoms with Crippen molar-refractivity contribution in [3.05, 3.63) is 39.4 Å². The van der Waals surface area contributed by atoms with E-state index in [4.69, 9.17) is 10.2 Å². The SMILES string of the molecule is NC(=O)c1cc2c(oc1=O)C=CC(Br)C2. The predicted octanol–water partition coefficient (Wildman–Crippen LogP) is 1.07. The summed E-state index contributed by atoms with van der Waals surface area (Å²) in [7, 11) is 0. The number of fused-ring (bicyclic) bond motifs is 1. The van der Waals surface area contributed by atoms with Crippen molar-refractivity contribution in [3.8, 4) is 0 Å². The zero-order chi connectivity index (χ0) is 11.0. The van der Waals surface area contributed by atoms with Gasteiger partial charge in [0.15, 0.2) is 0 Å². The smallest absolute Gasteiger partial charge is 0.349 e. The number of nitrogens with two attached hydrogens (primary N) is 1. The molecular formula is C10H8BrNO3. The molecule has 4 nitrogen and oxygen atoms in total. The fourth-order valence-corrected chi connectivity index (χ4v) is 1.97. The third kappa shape index (κ3) is 1.87. The van der Waals surface area contributed by atoms with Crippen LogP contribution in [0.15, 0.2) is 21.4 Å². The second-order valence-electron chi connectivity index (χ2n) is 3.28. The maximum atomic E-state index is 11.3. The molecule has 1 unspecified atom stereocenters. The first kappa shape index (κ1) is 10.2. The van der Waals surface area contributed by atoms with Crippen LogP contribution in [-0.2, 0) is 6.42 Å². The van der Waals surface area contributed by atoms with Gasteiger partial charge in [0.05, 0.1) is 0 Å². The Kier molecular flexibility index (Phi) is 2.48. The van der Waals surface area contributed by atoms with Crippen LogP contribution in [-0.4, -0.2) is 10.7 Å². The summed E-state index contributed by atoms with van der Waals surface area (Å²) in [5.41, 5.74) is 5.09. The van der Waals surface area contributed by atoms with Crippen molar-refractivity contribution in [1.29, 1.82) is 0 Å². The molecule has 0 radical (unpaired) electrons. The topological polar surface area (TPSA) is 73.3 Å². The number of hydrogen-bond acceptors (Lipinski definition) is 3. The number of alkyl halides is 1. The van der Waals surface area contributed by atoms with Crippen molar-refractivity contribution in [1.82, 2.24) is 0 Å². The summed E-state index contributed by atoms with van der Waals surface area (Å²) in [6, 6.07) is 1.50. The first-order chi connectivity index (χ1) is 7.08. The van der Waals surface area contributed by atoms with Gasteiger partial charge in [0.2, 0.25) is 0 Å². The largest absolute Gasteiger partial charge is 0.423 e. The Bertz CT molecular complexity index is 504. The average Bonchev–Trinajstić information content (AvgIpc) is 2.17. The van der Waals surface area contributed by atoms with Gasteiger partial charge in [-0.05, 0) is 24.1 Å². The quantitative estimate of drug-likeness (QED) is 0.776. The van der Waals surface area contributed by atoms with Crippen LogP contribution >= 0.6 is 15.9 Å². The highest BCUT2D eigenvalue weighted by molar-refractivity contribution is 9.09. The second-order valence-corrected chi connectivity index (χ2v) is 4.46. The van der Waals surface area contributed by atoms with E-state index < -0.39 is 11.5 Å². The number of halogens is 1. The molecule has 1 aromatic rings. The van der Waals surface area contributed by atoms with Crippen LogP contribution in [0.4, 0.5) is 0 Å². The fraction of sp³-hybridized carbons (Fsp3) is 0.200. The summed E-state index contributed by atoms with van der Waals surface area (Å²) in [6.07, 6.45) is 4.27. The van der Waals surface area contributed by atoms with Crippen LogP contribution in [0, 0.1) is 0 Å². The number of hydrogen-bond donors (Lipinski definition) is 1. The number of amides is 1. The molecule has 1 heterocycles. The molecule has 78 valence electrons. The van der Waals surface area contributed by atoms with E-state index in [1.807, 2.05) is 6.08 Å². The lowest BCUT2D eigenvalue weighted by atomic mass is 10.0. The highest BCUT2D eigenvalue weighted by Gasteiger charge is 2.17. The van der Waals surface area contributed by atoms with Gasteiger partial charge in [-0.2, -0.15) is 0 Å². The molecule has 5 heteroatoms. The van der Waals surface area contributed by atoms with Crippen molar-refractivity contribution in [2.45, 2.75) is 11.2 Å². The van der Waals surface area contributed by atoms with Gasteiger partial charge in [0.25, 0.3) is 5.91 Å². The minimum atomic E-state index is -0.757. The maximum absolute atomic E-state index is 11.3. The van der Waals surface area contributed by atoms with Crippen LogP contribution in [0.2, 0.25) is 0 Å². The van der Waals surface area contributed by atoms with E-state index in [1.54, 1.807) is 6.08 Å². The van der Waals surface area contributed by atoms with E-state index in [2.05, 4.69) is 15.9 Å². The molecular weight excluding hydrogens is 262 g/mol. The van der Waals surface area contributed by atoms with Crippen molar-refractivity contribution < 1.29 is 9.21 Å². The summed E-state index contributed by atoms with van der Waals surface area (Å²) in [6.45, 7) is 0. The summed E-state index contributed by atoms with van der Waals surface area (Å²) >= 11 is 3.42. The Morgan fingerprint density at radius 1 is 1.60 bits per heavy atom. The number of carbonyl (C=O) groups excluding carboxylic acids is 1. The molecule has 0 spiro atoms. The molecule has 0 aliphatic heterocycles. The van der Waals surface area contributed by atoms with Crippen LogP contribution in [0.25, 0.3) is 6.08 Å². The van der Waals surface area contributed by atoms with Gasteiger partial charge in [0.1, 0.15) is 11.3 Å². The molecule has 2 rings (SSSR count). The number of allylic oxidation sites excluding steroid dienone is 1. The maximum Gasteiger partial charge on any atom is 0.349 e. The molecule has 0 saturated carbocycles. The van der Waals surface area contributed by atoms with E-state index in [0.717, 1.165) is 5.56 Å². The molecule has 1 aromatic heterocycles. The summed E-state index contributed by atoms with van der Waals surface area (Å²) in [4.78, 5) is 22.4. The Morgan fingerprint density at radius 3 is 3.00 bits per heavy atom. The minimum Gasteiger partial charge on any atom is -0.423 e. The van der Waals surface area contributed by atoms with Crippen LogP contribution in [0.1, 0.15) is 21.7 Å². The van der Waals surface area contributed by atoms with Gasteiger partial charge in [-0.3, -0.25) is 4.79 Å². The zero-order valence-electron chi connectivity index (χ0n) is 7.70. The molecule has 1 amide bonds. The van der Waals surface area contributed by atoms with Crippen LogP contribution in [0.3, 0.4) is 0 Å². The molecule has 0 bridgehead atoms. The standard InChI is InChI=1S/C10H8BrNO3/c11-6-1-2-8-5(3-6)4-7(9(12)13)10(14)15-8/h1-2,4,6H,3H2,(H2,12,13). The molecule has 0 saturated heterocycles. The average molecular weight is 270 g/mol. The van der Waals surface area contributed by atoms with Crippen molar-refractivity contribution in [2.75, 3.05) is 0 Å². The Hall–Kier alpha value is -1.36. The highest BCUT2D eigenvalue weighted by Crippen LogP contribution is 2.22. The normalized spacial score (nSPS) is 18.6. The third-order valence-corrected chi connectivity index (χ3v) is 2.82. The molecule has 1 aliphatic carbocycles. The minimum absolute atomic E-state index is 0.0937. The molecule has 1 atom stereocenters. The highest BCUT2D eigenvalue weighted by atomic mass is 79.9. The van der Waals surface area contributed by atoms with Gasteiger partial charge in [0, 0.05) is 4.83 Å². The van der Waals surface area contributed by atoms with Crippen molar-refractivity contribution in [3.63, 3.8) is 0 Å². The van der Waals surface area contributed by atoms with E-state index in [-0.39, 0.29) is 10.4 Å². The summed E-state index contributed by atoms with van der Waals surface area (Å²) < 4.78 is 4.98. The fourth-order valence-electron chi connectivity index (χ4n) is 1.47. The van der Waals surface area contributed by atoms with Gasteiger partial charge < -0.3 is 10.2 Å². The third-order valence-electron chi connectivity index (χ3n) is 2.19. The number of rotatable bonds is 1. The Morgan fingerprint density at radius 2 is 2.33 bits per heavy atom. The lowest BCUT2D eigenvalue weighted by molar-refractivity contribution is 0.0996. The Balaban J connectivity index is 2.59. The lowest BCUT2D eigenvalue weighted by Gasteiger charge is -2.12. The number of carbonyl (C=O) groups is 1.